The Bertz CT molecular complexity index is 806. The fourth-order valence-corrected chi connectivity index (χ4v) is 2.88. The molecule has 3 aromatic rings. The van der Waals surface area contributed by atoms with E-state index in [-0.39, 0.29) is 0 Å². The number of hydrogen-bond donors (Lipinski definition) is 2. The third-order valence-corrected chi connectivity index (χ3v) is 4.34. The van der Waals surface area contributed by atoms with Crippen molar-refractivity contribution in [3.63, 3.8) is 0 Å². The summed E-state index contributed by atoms with van der Waals surface area (Å²) in [4.78, 5) is 0. The highest BCUT2D eigenvalue weighted by atomic mass is 14.9. The van der Waals surface area contributed by atoms with Gasteiger partial charge in [0.05, 0.1) is 0 Å². The lowest BCUT2D eigenvalue weighted by atomic mass is 9.97. The van der Waals surface area contributed by atoms with Crippen LogP contribution in [0.15, 0.2) is 91.0 Å². The zero-order valence-electron chi connectivity index (χ0n) is 14.5. The van der Waals surface area contributed by atoms with Crippen molar-refractivity contribution in [2.45, 2.75) is 13.0 Å². The molecule has 3 N–H and O–H groups in total. The van der Waals surface area contributed by atoms with E-state index in [1.807, 2.05) is 24.3 Å². The van der Waals surface area contributed by atoms with E-state index in [0.29, 0.717) is 6.04 Å². The lowest BCUT2D eigenvalue weighted by Gasteiger charge is -2.14. The average Bonchev–Trinajstić information content (AvgIpc) is 2.67. The lowest BCUT2D eigenvalue weighted by molar-refractivity contribution is 0.618. The fourth-order valence-electron chi connectivity index (χ4n) is 2.88. The largest absolute Gasteiger partial charge is 0.399 e. The fraction of sp³-hybridized carbons (Fsp3) is 0.130. The first-order valence-electron chi connectivity index (χ1n) is 8.64. The molecule has 0 aliphatic rings. The van der Waals surface area contributed by atoms with E-state index in [1.54, 1.807) is 0 Å². The Kier molecular flexibility index (Phi) is 5.65. The van der Waals surface area contributed by atoms with Gasteiger partial charge in [0, 0.05) is 18.3 Å². The average molecular weight is 328 g/mol. The van der Waals surface area contributed by atoms with Crippen molar-refractivity contribution in [1.82, 2.24) is 5.32 Å². The quantitative estimate of drug-likeness (QED) is 0.621. The second-order valence-electron chi connectivity index (χ2n) is 6.15. The van der Waals surface area contributed by atoms with Gasteiger partial charge >= 0.3 is 0 Å². The van der Waals surface area contributed by atoms with E-state index in [2.05, 4.69) is 79.0 Å². The maximum Gasteiger partial charge on any atom is 0.0314 e. The zero-order valence-corrected chi connectivity index (χ0v) is 14.5. The molecule has 0 fully saturated rings. The Balaban J connectivity index is 1.79. The minimum atomic E-state index is 0.306. The van der Waals surface area contributed by atoms with Crippen LogP contribution >= 0.6 is 0 Å². The molecule has 3 rings (SSSR count). The molecule has 3 aromatic carbocycles. The van der Waals surface area contributed by atoms with Crippen LogP contribution in [0.4, 0.5) is 5.69 Å². The second-order valence-corrected chi connectivity index (χ2v) is 6.15. The van der Waals surface area contributed by atoms with Gasteiger partial charge in [-0.15, -0.1) is 0 Å². The summed E-state index contributed by atoms with van der Waals surface area (Å²) in [5.41, 5.74) is 11.5. The number of anilines is 1. The second kappa shape index (κ2) is 8.32. The van der Waals surface area contributed by atoms with Crippen molar-refractivity contribution in [2.24, 2.45) is 0 Å². The molecule has 0 heterocycles. The van der Waals surface area contributed by atoms with Gasteiger partial charge in [-0.25, -0.2) is 0 Å². The van der Waals surface area contributed by atoms with E-state index in [1.165, 1.54) is 22.3 Å². The monoisotopic (exact) mass is 328 g/mol. The van der Waals surface area contributed by atoms with Gasteiger partial charge in [-0.3, -0.25) is 0 Å². The summed E-state index contributed by atoms with van der Waals surface area (Å²) in [6.07, 6.45) is 2.25. The molecule has 2 heteroatoms. The molecule has 0 amide bonds. The van der Waals surface area contributed by atoms with Crippen molar-refractivity contribution in [1.29, 1.82) is 0 Å². The summed E-state index contributed by atoms with van der Waals surface area (Å²) < 4.78 is 0. The molecule has 1 atom stereocenters. The Morgan fingerprint density at radius 1 is 0.840 bits per heavy atom. The molecule has 0 bridgehead atoms. The molecule has 0 spiro atoms. The Morgan fingerprint density at radius 3 is 2.04 bits per heavy atom. The van der Waals surface area contributed by atoms with Crippen LogP contribution in [0, 0.1) is 0 Å². The number of nitrogens with two attached hydrogens (primary N) is 1. The molecule has 126 valence electrons. The number of nitrogen functional groups attached to an aromatic ring is 1. The third-order valence-electron chi connectivity index (χ3n) is 4.34. The normalized spacial score (nSPS) is 12.8. The highest BCUT2D eigenvalue weighted by molar-refractivity contribution is 5.80. The molecule has 0 aromatic heterocycles. The molecule has 0 radical (unpaired) electrons. The molecule has 1 unspecified atom stereocenters. The van der Waals surface area contributed by atoms with E-state index < -0.39 is 0 Å². The standard InChI is InChI=1S/C23H24N2/c1-18(19-8-4-2-5-9-19)25-17-16-23(20-10-6-3-7-11-20)21-12-14-22(24)15-13-21/h2-16,18,25H,17,24H2,1H3/b23-16-. The minimum absolute atomic E-state index is 0.306. The maximum atomic E-state index is 5.84. The predicted octanol–water partition coefficient (Wildman–Crippen LogP) is 5.05. The van der Waals surface area contributed by atoms with Gasteiger partial charge in [-0.05, 0) is 41.3 Å². The van der Waals surface area contributed by atoms with Crippen molar-refractivity contribution in [2.75, 3.05) is 12.3 Å². The lowest BCUT2D eigenvalue weighted by Crippen LogP contribution is -2.18. The zero-order chi connectivity index (χ0) is 17.5. The van der Waals surface area contributed by atoms with Crippen LogP contribution in [0.2, 0.25) is 0 Å². The Hall–Kier alpha value is -2.84. The van der Waals surface area contributed by atoms with Crippen LogP contribution in [0.3, 0.4) is 0 Å². The number of nitrogens with one attached hydrogen (secondary N) is 1. The SMILES string of the molecule is CC(NC/C=C(/c1ccccc1)c1ccc(N)cc1)c1ccccc1. The summed E-state index contributed by atoms with van der Waals surface area (Å²) in [7, 11) is 0. The summed E-state index contributed by atoms with van der Waals surface area (Å²) in [6.45, 7) is 2.99. The Morgan fingerprint density at radius 2 is 1.40 bits per heavy atom. The maximum absolute atomic E-state index is 5.84. The van der Waals surface area contributed by atoms with E-state index >= 15 is 0 Å². The van der Waals surface area contributed by atoms with Crippen molar-refractivity contribution >= 4 is 11.3 Å². The first-order valence-corrected chi connectivity index (χ1v) is 8.64. The van der Waals surface area contributed by atoms with Gasteiger partial charge in [0.15, 0.2) is 0 Å². The number of hydrogen-bond acceptors (Lipinski definition) is 2. The topological polar surface area (TPSA) is 38.0 Å². The summed E-state index contributed by atoms with van der Waals surface area (Å²) in [6, 6.07) is 29.3. The predicted molar refractivity (Wildman–Crippen MR) is 107 cm³/mol. The van der Waals surface area contributed by atoms with Crippen LogP contribution in [-0.4, -0.2) is 6.54 Å². The van der Waals surface area contributed by atoms with Crippen LogP contribution in [-0.2, 0) is 0 Å². The molecule has 0 aliphatic heterocycles. The van der Waals surface area contributed by atoms with Gasteiger partial charge in [0.25, 0.3) is 0 Å². The molecular weight excluding hydrogens is 304 g/mol. The molecule has 2 nitrogen and oxygen atoms in total. The molecule has 0 aliphatic carbocycles. The summed E-state index contributed by atoms with van der Waals surface area (Å²) in [5.74, 6) is 0. The highest BCUT2D eigenvalue weighted by Gasteiger charge is 2.06. The van der Waals surface area contributed by atoms with E-state index in [9.17, 15) is 0 Å². The van der Waals surface area contributed by atoms with Crippen LogP contribution in [0.1, 0.15) is 29.7 Å². The molecular formula is C23H24N2. The van der Waals surface area contributed by atoms with Gasteiger partial charge in [-0.1, -0.05) is 78.9 Å². The number of rotatable bonds is 6. The Labute approximate surface area is 150 Å². The van der Waals surface area contributed by atoms with Crippen molar-refractivity contribution < 1.29 is 0 Å². The van der Waals surface area contributed by atoms with Gasteiger partial charge in [0.2, 0.25) is 0 Å². The highest BCUT2D eigenvalue weighted by Crippen LogP contribution is 2.24. The molecule has 0 saturated carbocycles. The van der Waals surface area contributed by atoms with E-state index in [0.717, 1.165) is 12.2 Å². The molecule has 0 saturated heterocycles. The minimum Gasteiger partial charge on any atom is -0.399 e. The van der Waals surface area contributed by atoms with Gasteiger partial charge in [0.1, 0.15) is 0 Å². The van der Waals surface area contributed by atoms with Gasteiger partial charge < -0.3 is 11.1 Å². The first kappa shape index (κ1) is 17.0. The van der Waals surface area contributed by atoms with E-state index in [4.69, 9.17) is 5.73 Å². The first-order chi connectivity index (χ1) is 12.2. The smallest absolute Gasteiger partial charge is 0.0314 e. The van der Waals surface area contributed by atoms with Crippen LogP contribution in [0.25, 0.3) is 5.57 Å². The third kappa shape index (κ3) is 4.59. The molecule has 25 heavy (non-hydrogen) atoms. The van der Waals surface area contributed by atoms with Crippen LogP contribution in [0.5, 0.6) is 0 Å². The number of benzene rings is 3. The van der Waals surface area contributed by atoms with Gasteiger partial charge in [-0.2, -0.15) is 0 Å². The summed E-state index contributed by atoms with van der Waals surface area (Å²) in [5, 5.41) is 3.58. The summed E-state index contributed by atoms with van der Waals surface area (Å²) >= 11 is 0. The van der Waals surface area contributed by atoms with Crippen molar-refractivity contribution in [3.8, 4) is 0 Å². The van der Waals surface area contributed by atoms with Crippen molar-refractivity contribution in [3.05, 3.63) is 108 Å². The van der Waals surface area contributed by atoms with Crippen LogP contribution < -0.4 is 11.1 Å².